The second-order valence-corrected chi connectivity index (χ2v) is 2.49. The Morgan fingerprint density at radius 3 is 2.46 bits per heavy atom. The summed E-state index contributed by atoms with van der Waals surface area (Å²) in [5, 5.41) is 8.53. The lowest BCUT2D eigenvalue weighted by atomic mass is 10.2. The standard InChI is InChI=1S/C7H8F3NO2/c8-7(9,10)6-2-1-5(13-6)4(11)3-12/h1-2,4,12H,3,11H2/t4-/m0/s1. The van der Waals surface area contributed by atoms with Crippen LogP contribution < -0.4 is 5.73 Å². The van der Waals surface area contributed by atoms with Gasteiger partial charge in [0.15, 0.2) is 0 Å². The predicted molar refractivity (Wildman–Crippen MR) is 37.7 cm³/mol. The number of furan rings is 1. The van der Waals surface area contributed by atoms with Crippen LogP contribution in [-0.2, 0) is 6.18 Å². The van der Waals surface area contributed by atoms with Crippen molar-refractivity contribution >= 4 is 0 Å². The maximum atomic E-state index is 12.0. The van der Waals surface area contributed by atoms with Crippen LogP contribution in [0.2, 0.25) is 0 Å². The van der Waals surface area contributed by atoms with Crippen molar-refractivity contribution in [2.45, 2.75) is 12.2 Å². The maximum absolute atomic E-state index is 12.0. The molecular weight excluding hydrogens is 187 g/mol. The number of hydrogen-bond acceptors (Lipinski definition) is 3. The van der Waals surface area contributed by atoms with Crippen LogP contribution in [0.1, 0.15) is 17.6 Å². The molecule has 0 aliphatic heterocycles. The van der Waals surface area contributed by atoms with Crippen molar-refractivity contribution in [3.05, 3.63) is 23.7 Å². The predicted octanol–water partition coefficient (Wildman–Crippen LogP) is 1.29. The molecule has 6 heteroatoms. The fraction of sp³-hybridized carbons (Fsp3) is 0.429. The molecule has 1 aromatic heterocycles. The van der Waals surface area contributed by atoms with Crippen molar-refractivity contribution < 1.29 is 22.7 Å². The van der Waals surface area contributed by atoms with Gasteiger partial charge >= 0.3 is 6.18 Å². The summed E-state index contributed by atoms with van der Waals surface area (Å²) in [7, 11) is 0. The molecule has 3 nitrogen and oxygen atoms in total. The van der Waals surface area contributed by atoms with Gasteiger partial charge in [0, 0.05) is 0 Å². The van der Waals surface area contributed by atoms with Crippen LogP contribution in [0.15, 0.2) is 16.5 Å². The summed E-state index contributed by atoms with van der Waals surface area (Å²) in [6.45, 7) is -0.454. The molecule has 0 saturated heterocycles. The topological polar surface area (TPSA) is 59.4 Å². The molecule has 1 aromatic rings. The molecule has 0 radical (unpaired) electrons. The number of nitrogens with two attached hydrogens (primary N) is 1. The number of aliphatic hydroxyl groups is 1. The van der Waals surface area contributed by atoms with Gasteiger partial charge in [0.05, 0.1) is 12.6 Å². The molecule has 0 fully saturated rings. The number of hydrogen-bond donors (Lipinski definition) is 2. The van der Waals surface area contributed by atoms with Gasteiger partial charge in [-0.3, -0.25) is 0 Å². The molecule has 0 amide bonds. The van der Waals surface area contributed by atoms with Crippen molar-refractivity contribution in [2.24, 2.45) is 5.73 Å². The number of alkyl halides is 3. The van der Waals surface area contributed by atoms with Gasteiger partial charge in [-0.1, -0.05) is 0 Å². The molecular formula is C7H8F3NO2. The second kappa shape index (κ2) is 3.39. The van der Waals surface area contributed by atoms with E-state index in [1.165, 1.54) is 0 Å². The zero-order valence-corrected chi connectivity index (χ0v) is 6.51. The van der Waals surface area contributed by atoms with E-state index in [0.717, 1.165) is 12.1 Å². The van der Waals surface area contributed by atoms with Crippen molar-refractivity contribution in [3.8, 4) is 0 Å². The van der Waals surface area contributed by atoms with E-state index in [9.17, 15) is 13.2 Å². The van der Waals surface area contributed by atoms with Gasteiger partial charge in [-0.2, -0.15) is 13.2 Å². The normalized spacial score (nSPS) is 14.5. The van der Waals surface area contributed by atoms with E-state index in [1.807, 2.05) is 0 Å². The highest BCUT2D eigenvalue weighted by molar-refractivity contribution is 5.12. The smallest absolute Gasteiger partial charge is 0.449 e. The summed E-state index contributed by atoms with van der Waals surface area (Å²) in [5.74, 6) is -1.18. The summed E-state index contributed by atoms with van der Waals surface area (Å²) in [5.41, 5.74) is 5.24. The first-order chi connectivity index (χ1) is 5.95. The Morgan fingerprint density at radius 2 is 2.08 bits per heavy atom. The van der Waals surface area contributed by atoms with Gasteiger partial charge in [0.1, 0.15) is 5.76 Å². The summed E-state index contributed by atoms with van der Waals surface area (Å²) in [4.78, 5) is 0. The Balaban J connectivity index is 2.87. The maximum Gasteiger partial charge on any atom is 0.449 e. The van der Waals surface area contributed by atoms with E-state index in [-0.39, 0.29) is 5.76 Å². The number of rotatable bonds is 2. The minimum atomic E-state index is -4.51. The first kappa shape index (κ1) is 10.1. The summed E-state index contributed by atoms with van der Waals surface area (Å²) in [6.07, 6.45) is -4.51. The highest BCUT2D eigenvalue weighted by Crippen LogP contribution is 2.31. The first-order valence-electron chi connectivity index (χ1n) is 3.48. The van der Waals surface area contributed by atoms with Crippen LogP contribution in [0.4, 0.5) is 13.2 Å². The van der Waals surface area contributed by atoms with E-state index in [4.69, 9.17) is 10.8 Å². The fourth-order valence-corrected chi connectivity index (χ4v) is 0.794. The van der Waals surface area contributed by atoms with Crippen molar-refractivity contribution in [2.75, 3.05) is 6.61 Å². The average Bonchev–Trinajstić information content (AvgIpc) is 2.50. The Bertz CT molecular complexity index is 282. The molecule has 0 aliphatic rings. The van der Waals surface area contributed by atoms with E-state index in [2.05, 4.69) is 4.42 Å². The van der Waals surface area contributed by atoms with E-state index >= 15 is 0 Å². The monoisotopic (exact) mass is 195 g/mol. The molecule has 13 heavy (non-hydrogen) atoms. The lowest BCUT2D eigenvalue weighted by molar-refractivity contribution is -0.153. The molecule has 0 aliphatic carbocycles. The lowest BCUT2D eigenvalue weighted by Gasteiger charge is -2.04. The SMILES string of the molecule is N[C@@H](CO)c1ccc(C(F)(F)F)o1. The van der Waals surface area contributed by atoms with Crippen LogP contribution in [0, 0.1) is 0 Å². The number of halogens is 3. The highest BCUT2D eigenvalue weighted by Gasteiger charge is 2.35. The molecule has 1 rings (SSSR count). The minimum absolute atomic E-state index is 0.0742. The van der Waals surface area contributed by atoms with Crippen molar-refractivity contribution in [1.29, 1.82) is 0 Å². The van der Waals surface area contributed by atoms with Crippen molar-refractivity contribution in [1.82, 2.24) is 0 Å². The first-order valence-corrected chi connectivity index (χ1v) is 3.48. The third-order valence-corrected chi connectivity index (χ3v) is 1.47. The average molecular weight is 195 g/mol. The molecule has 0 aromatic carbocycles. The van der Waals surface area contributed by atoms with Crippen LogP contribution in [0.3, 0.4) is 0 Å². The minimum Gasteiger partial charge on any atom is -0.455 e. The van der Waals surface area contributed by atoms with E-state index < -0.39 is 24.6 Å². The Hall–Kier alpha value is -1.01. The van der Waals surface area contributed by atoms with Gasteiger partial charge < -0.3 is 15.3 Å². The third kappa shape index (κ3) is 2.22. The molecule has 0 unspecified atom stereocenters. The molecule has 3 N–H and O–H groups in total. The summed E-state index contributed by atoms with van der Waals surface area (Å²) >= 11 is 0. The molecule has 1 heterocycles. The van der Waals surface area contributed by atoms with E-state index in [0.29, 0.717) is 0 Å². The molecule has 0 saturated carbocycles. The Morgan fingerprint density at radius 1 is 1.46 bits per heavy atom. The molecule has 1 atom stereocenters. The molecule has 0 bridgehead atoms. The van der Waals surface area contributed by atoms with Gasteiger partial charge in [-0.25, -0.2) is 0 Å². The summed E-state index contributed by atoms with van der Waals surface area (Å²) < 4.78 is 40.3. The Kier molecular flexibility index (Phi) is 2.63. The fourth-order valence-electron chi connectivity index (χ4n) is 0.794. The van der Waals surface area contributed by atoms with Crippen LogP contribution in [0.5, 0.6) is 0 Å². The van der Waals surface area contributed by atoms with Crippen LogP contribution in [-0.4, -0.2) is 11.7 Å². The quantitative estimate of drug-likeness (QED) is 0.747. The Labute approximate surface area is 72.0 Å². The largest absolute Gasteiger partial charge is 0.455 e. The van der Waals surface area contributed by atoms with E-state index in [1.54, 1.807) is 0 Å². The second-order valence-electron chi connectivity index (χ2n) is 2.49. The highest BCUT2D eigenvalue weighted by atomic mass is 19.4. The molecule has 0 spiro atoms. The zero-order valence-electron chi connectivity index (χ0n) is 6.51. The van der Waals surface area contributed by atoms with Crippen LogP contribution in [0.25, 0.3) is 0 Å². The van der Waals surface area contributed by atoms with Gasteiger partial charge in [-0.05, 0) is 12.1 Å². The van der Waals surface area contributed by atoms with Gasteiger partial charge in [-0.15, -0.1) is 0 Å². The summed E-state index contributed by atoms with van der Waals surface area (Å²) in [6, 6.07) is 0.977. The number of aliphatic hydroxyl groups excluding tert-OH is 1. The van der Waals surface area contributed by atoms with Gasteiger partial charge in [0.25, 0.3) is 0 Å². The molecule has 74 valence electrons. The van der Waals surface area contributed by atoms with Crippen LogP contribution >= 0.6 is 0 Å². The third-order valence-electron chi connectivity index (χ3n) is 1.47. The lowest BCUT2D eigenvalue weighted by Crippen LogP contribution is -2.13. The van der Waals surface area contributed by atoms with Gasteiger partial charge in [0.2, 0.25) is 5.76 Å². The zero-order chi connectivity index (χ0) is 10.1. The van der Waals surface area contributed by atoms with Crippen molar-refractivity contribution in [3.63, 3.8) is 0 Å².